The topological polar surface area (TPSA) is 112 Å². The van der Waals surface area contributed by atoms with E-state index in [1.807, 2.05) is 17.0 Å². The molecule has 0 unspecified atom stereocenters. The summed E-state index contributed by atoms with van der Waals surface area (Å²) < 4.78 is 40.2. The molecule has 0 saturated carbocycles. The highest BCUT2D eigenvalue weighted by Gasteiger charge is 2.32. The van der Waals surface area contributed by atoms with E-state index in [0.29, 0.717) is 48.8 Å². The van der Waals surface area contributed by atoms with E-state index in [-0.39, 0.29) is 34.6 Å². The average Bonchev–Trinajstić information content (AvgIpc) is 2.85. The van der Waals surface area contributed by atoms with Crippen LogP contribution in [-0.4, -0.2) is 48.3 Å². The molecule has 0 atom stereocenters. The SMILES string of the molecule is O=C(O)Cc1ccc(Nc2nc(N3CCC(c4ccccc4F)CC3)nc3c2S(=O)(=O)CCC3)cc1. The third kappa shape index (κ3) is 5.04. The summed E-state index contributed by atoms with van der Waals surface area (Å²) >= 11 is 0. The number of nitrogens with zero attached hydrogens (tertiary/aromatic N) is 3. The summed E-state index contributed by atoms with van der Waals surface area (Å²) in [6.45, 7) is 1.27. The number of anilines is 3. The Hall–Kier alpha value is -3.53. The molecular weight excluding hydrogens is 483 g/mol. The molecule has 0 spiro atoms. The molecule has 0 radical (unpaired) electrons. The molecule has 36 heavy (non-hydrogen) atoms. The molecule has 3 aromatic rings. The number of hydrogen-bond acceptors (Lipinski definition) is 7. The van der Waals surface area contributed by atoms with Gasteiger partial charge in [-0.3, -0.25) is 4.79 Å². The summed E-state index contributed by atoms with van der Waals surface area (Å²) in [7, 11) is -3.54. The summed E-state index contributed by atoms with van der Waals surface area (Å²) in [5, 5.41) is 12.1. The second-order valence-corrected chi connectivity index (χ2v) is 11.3. The van der Waals surface area contributed by atoms with Crippen LogP contribution in [0.2, 0.25) is 0 Å². The number of rotatable bonds is 6. The third-order valence-corrected chi connectivity index (χ3v) is 8.63. The minimum absolute atomic E-state index is 0.0446. The average molecular weight is 511 g/mol. The Bertz CT molecular complexity index is 1390. The summed E-state index contributed by atoms with van der Waals surface area (Å²) in [5.41, 5.74) is 2.48. The fourth-order valence-corrected chi connectivity index (χ4v) is 6.58. The number of hydrogen-bond donors (Lipinski definition) is 2. The maximum absolute atomic E-state index is 14.3. The summed E-state index contributed by atoms with van der Waals surface area (Å²) in [6.07, 6.45) is 2.44. The van der Waals surface area contributed by atoms with Gasteiger partial charge in [-0.1, -0.05) is 30.3 Å². The Kier molecular flexibility index (Phi) is 6.61. The molecule has 0 amide bonds. The van der Waals surface area contributed by atoms with E-state index in [2.05, 4.69) is 15.3 Å². The first-order valence-electron chi connectivity index (χ1n) is 12.0. The monoisotopic (exact) mass is 510 g/mol. The largest absolute Gasteiger partial charge is 0.481 e. The van der Waals surface area contributed by atoms with Crippen molar-refractivity contribution in [2.24, 2.45) is 0 Å². The van der Waals surface area contributed by atoms with Crippen LogP contribution >= 0.6 is 0 Å². The van der Waals surface area contributed by atoms with Crippen LogP contribution in [0.4, 0.5) is 21.8 Å². The summed E-state index contributed by atoms with van der Waals surface area (Å²) in [6, 6.07) is 13.7. The van der Waals surface area contributed by atoms with E-state index in [0.717, 1.165) is 18.4 Å². The standard InChI is InChI=1S/C26H27FN4O4S/c27-21-5-2-1-4-20(21)18-11-13-31(14-12-18)26-29-22-6-3-15-36(34,35)24(22)25(30-26)28-19-9-7-17(8-10-19)16-23(32)33/h1-2,4-5,7-10,18H,3,6,11-16H2,(H,32,33)(H,28,29,30). The van der Waals surface area contributed by atoms with Gasteiger partial charge in [-0.2, -0.15) is 4.98 Å². The van der Waals surface area contributed by atoms with Gasteiger partial charge in [-0.15, -0.1) is 0 Å². The van der Waals surface area contributed by atoms with Crippen LogP contribution in [0.5, 0.6) is 0 Å². The summed E-state index contributed by atoms with van der Waals surface area (Å²) in [5.74, 6) is -0.257. The Morgan fingerprint density at radius 2 is 1.81 bits per heavy atom. The van der Waals surface area contributed by atoms with Crippen LogP contribution in [0, 0.1) is 5.82 Å². The molecular formula is C26H27FN4O4S. The highest BCUT2D eigenvalue weighted by molar-refractivity contribution is 7.91. The zero-order valence-corrected chi connectivity index (χ0v) is 20.5. The number of nitrogens with one attached hydrogen (secondary N) is 1. The van der Waals surface area contributed by atoms with Crippen molar-refractivity contribution < 1.29 is 22.7 Å². The lowest BCUT2D eigenvalue weighted by Gasteiger charge is -2.33. The molecule has 2 aliphatic rings. The van der Waals surface area contributed by atoms with Crippen molar-refractivity contribution in [3.8, 4) is 0 Å². The Balaban J connectivity index is 1.42. The molecule has 5 rings (SSSR count). The highest BCUT2D eigenvalue weighted by Crippen LogP contribution is 2.35. The van der Waals surface area contributed by atoms with Crippen molar-refractivity contribution in [3.63, 3.8) is 0 Å². The zero-order valence-electron chi connectivity index (χ0n) is 19.7. The predicted octanol–water partition coefficient (Wildman–Crippen LogP) is 4.09. The first kappa shape index (κ1) is 24.2. The van der Waals surface area contributed by atoms with Crippen molar-refractivity contribution >= 4 is 33.3 Å². The van der Waals surface area contributed by atoms with Crippen LogP contribution in [0.25, 0.3) is 0 Å². The molecule has 10 heteroatoms. The molecule has 2 aliphatic heterocycles. The van der Waals surface area contributed by atoms with Crippen LogP contribution in [-0.2, 0) is 27.5 Å². The van der Waals surface area contributed by atoms with Gasteiger partial charge in [0, 0.05) is 18.8 Å². The Labute approximate surface area is 209 Å². The molecule has 188 valence electrons. The van der Waals surface area contributed by atoms with Gasteiger partial charge < -0.3 is 15.3 Å². The lowest BCUT2D eigenvalue weighted by molar-refractivity contribution is -0.136. The van der Waals surface area contributed by atoms with E-state index in [1.165, 1.54) is 6.07 Å². The molecule has 1 saturated heterocycles. The lowest BCUT2D eigenvalue weighted by atomic mass is 9.89. The number of halogens is 1. The van der Waals surface area contributed by atoms with E-state index < -0.39 is 15.8 Å². The molecule has 0 bridgehead atoms. The van der Waals surface area contributed by atoms with Gasteiger partial charge in [0.05, 0.1) is 17.9 Å². The Morgan fingerprint density at radius 3 is 2.50 bits per heavy atom. The van der Waals surface area contributed by atoms with Crippen molar-refractivity contribution in [1.82, 2.24) is 9.97 Å². The number of carboxylic acids is 1. The predicted molar refractivity (Wildman–Crippen MR) is 134 cm³/mol. The minimum atomic E-state index is -3.54. The van der Waals surface area contributed by atoms with Gasteiger partial charge in [0.1, 0.15) is 10.7 Å². The number of aliphatic carboxylic acids is 1. The van der Waals surface area contributed by atoms with Crippen molar-refractivity contribution in [2.45, 2.75) is 42.9 Å². The molecule has 3 heterocycles. The second-order valence-electron chi connectivity index (χ2n) is 9.25. The van der Waals surface area contributed by atoms with Gasteiger partial charge in [-0.05, 0) is 60.9 Å². The van der Waals surface area contributed by atoms with Gasteiger partial charge >= 0.3 is 5.97 Å². The van der Waals surface area contributed by atoms with E-state index in [1.54, 1.807) is 30.3 Å². The molecule has 2 aromatic carbocycles. The highest BCUT2D eigenvalue weighted by atomic mass is 32.2. The number of fused-ring (bicyclic) bond motifs is 1. The maximum atomic E-state index is 14.3. The zero-order chi connectivity index (χ0) is 25.3. The van der Waals surface area contributed by atoms with Crippen molar-refractivity contribution in [1.29, 1.82) is 0 Å². The fraction of sp³-hybridized carbons (Fsp3) is 0.346. The van der Waals surface area contributed by atoms with Crippen LogP contribution in [0.3, 0.4) is 0 Å². The quantitative estimate of drug-likeness (QED) is 0.510. The smallest absolute Gasteiger partial charge is 0.307 e. The minimum Gasteiger partial charge on any atom is -0.481 e. The second kappa shape index (κ2) is 9.85. The molecule has 1 aromatic heterocycles. The number of benzene rings is 2. The number of aromatic nitrogens is 2. The number of carboxylic acid groups (broad SMARTS) is 1. The summed E-state index contributed by atoms with van der Waals surface area (Å²) in [4.78, 5) is 22.4. The van der Waals surface area contributed by atoms with E-state index in [4.69, 9.17) is 5.11 Å². The Morgan fingerprint density at radius 1 is 1.08 bits per heavy atom. The van der Waals surface area contributed by atoms with E-state index >= 15 is 0 Å². The maximum Gasteiger partial charge on any atom is 0.307 e. The third-order valence-electron chi connectivity index (χ3n) is 6.76. The first-order chi connectivity index (χ1) is 17.3. The molecule has 8 nitrogen and oxygen atoms in total. The van der Waals surface area contributed by atoms with Crippen LogP contribution in [0.15, 0.2) is 53.4 Å². The van der Waals surface area contributed by atoms with Gasteiger partial charge in [0.2, 0.25) is 5.95 Å². The fourth-order valence-electron chi connectivity index (χ4n) is 4.95. The normalized spacial score (nSPS) is 17.4. The molecule has 0 aliphatic carbocycles. The molecule has 1 fully saturated rings. The van der Waals surface area contributed by atoms with E-state index in [9.17, 15) is 17.6 Å². The molecule has 2 N–H and O–H groups in total. The first-order valence-corrected chi connectivity index (χ1v) is 13.7. The van der Waals surface area contributed by atoms with Gasteiger partial charge in [0.15, 0.2) is 15.7 Å². The van der Waals surface area contributed by atoms with Crippen molar-refractivity contribution in [2.75, 3.05) is 29.1 Å². The van der Waals surface area contributed by atoms with Gasteiger partial charge in [0.25, 0.3) is 0 Å². The lowest BCUT2D eigenvalue weighted by Crippen LogP contribution is -2.35. The number of piperidine rings is 1. The number of aryl methyl sites for hydroxylation is 1. The number of carbonyl (C=O) groups is 1. The number of sulfone groups is 1. The van der Waals surface area contributed by atoms with Gasteiger partial charge in [-0.25, -0.2) is 17.8 Å². The van der Waals surface area contributed by atoms with Crippen molar-refractivity contribution in [3.05, 3.63) is 71.2 Å². The van der Waals surface area contributed by atoms with Crippen LogP contribution < -0.4 is 10.2 Å². The van der Waals surface area contributed by atoms with Crippen LogP contribution in [0.1, 0.15) is 42.0 Å².